The lowest BCUT2D eigenvalue weighted by atomic mass is 9.83. The van der Waals surface area contributed by atoms with Gasteiger partial charge in [-0.1, -0.05) is 80.9 Å². The summed E-state index contributed by atoms with van der Waals surface area (Å²) in [6.07, 6.45) is 6.31. The van der Waals surface area contributed by atoms with E-state index in [0.717, 1.165) is 18.4 Å². The number of carbonyl (C=O) groups is 1. The maximum Gasteiger partial charge on any atom is 0.428 e. The van der Waals surface area contributed by atoms with Crippen molar-refractivity contribution in [3.05, 3.63) is 35.9 Å². The van der Waals surface area contributed by atoms with Gasteiger partial charge in [-0.15, -0.1) is 0 Å². The van der Waals surface area contributed by atoms with Gasteiger partial charge in [-0.25, -0.2) is 15.6 Å². The molecule has 24 heavy (non-hydrogen) atoms. The molecule has 2 aliphatic heterocycles. The van der Waals surface area contributed by atoms with Crippen molar-refractivity contribution >= 4 is 11.8 Å². The summed E-state index contributed by atoms with van der Waals surface area (Å²) in [5, 5.41) is 5.36. The van der Waals surface area contributed by atoms with Gasteiger partial charge >= 0.3 is 12.4 Å². The molecule has 1 aromatic carbocycles. The van der Waals surface area contributed by atoms with Crippen LogP contribution in [0.2, 0.25) is 0 Å². The summed E-state index contributed by atoms with van der Waals surface area (Å²) in [7, 11) is 0. The molecule has 6 heteroatoms. The molecule has 0 radical (unpaired) electrons. The smallest absolute Gasteiger partial charge is 0.403 e. The Kier molecular flexibility index (Phi) is 5.04. The second-order valence-electron chi connectivity index (χ2n) is 6.44. The minimum atomic E-state index is -0.830. The average molecular weight is 331 g/mol. The van der Waals surface area contributed by atoms with Crippen LogP contribution in [0.3, 0.4) is 0 Å². The molecule has 1 saturated heterocycles. The Morgan fingerprint density at radius 1 is 1.17 bits per heavy atom. The summed E-state index contributed by atoms with van der Waals surface area (Å²) in [6, 6.07) is 9.70. The first kappa shape index (κ1) is 16.8. The van der Waals surface area contributed by atoms with Crippen LogP contribution in [-0.4, -0.2) is 28.6 Å². The van der Waals surface area contributed by atoms with Crippen LogP contribution < -0.4 is 5.84 Å². The fraction of sp³-hybridized carbons (Fsp3) is 0.556. The van der Waals surface area contributed by atoms with E-state index < -0.39 is 17.9 Å². The summed E-state index contributed by atoms with van der Waals surface area (Å²) >= 11 is 0. The number of unbranched alkanes of at least 4 members (excludes halogenated alkanes) is 5. The first-order valence-electron chi connectivity index (χ1n) is 8.75. The van der Waals surface area contributed by atoms with Crippen LogP contribution >= 0.6 is 0 Å². The Labute approximate surface area is 142 Å². The van der Waals surface area contributed by atoms with E-state index in [4.69, 9.17) is 15.4 Å². The van der Waals surface area contributed by atoms with Gasteiger partial charge in [0, 0.05) is 5.56 Å². The van der Waals surface area contributed by atoms with Crippen molar-refractivity contribution in [1.82, 2.24) is 5.01 Å². The molecule has 0 saturated carbocycles. The number of rotatable bonds is 8. The van der Waals surface area contributed by atoms with E-state index in [9.17, 15) is 4.79 Å². The first-order valence-corrected chi connectivity index (χ1v) is 8.75. The summed E-state index contributed by atoms with van der Waals surface area (Å²) in [6.45, 7) is 2.20. The molecule has 0 aromatic heterocycles. The van der Waals surface area contributed by atoms with E-state index in [1.54, 1.807) is 0 Å². The summed E-state index contributed by atoms with van der Waals surface area (Å²) in [4.78, 5) is 17.4. The Balaban J connectivity index is 1.76. The van der Waals surface area contributed by atoms with Crippen LogP contribution in [0.4, 0.5) is 4.79 Å². The molecule has 0 aliphatic carbocycles. The Bertz CT molecular complexity index is 605. The Hall–Kier alpha value is -2.08. The van der Waals surface area contributed by atoms with E-state index in [-0.39, 0.29) is 0 Å². The Morgan fingerprint density at radius 2 is 1.88 bits per heavy atom. The van der Waals surface area contributed by atoms with E-state index in [1.807, 2.05) is 30.3 Å². The van der Waals surface area contributed by atoms with Crippen molar-refractivity contribution < 1.29 is 14.4 Å². The number of amides is 1. The molecule has 2 heterocycles. The van der Waals surface area contributed by atoms with Gasteiger partial charge in [0.05, 0.1) is 0 Å². The van der Waals surface area contributed by atoms with E-state index in [2.05, 4.69) is 12.1 Å². The molecule has 1 fully saturated rings. The number of nitrogens with two attached hydrogens (primary N) is 1. The Morgan fingerprint density at radius 3 is 2.62 bits per heavy atom. The summed E-state index contributed by atoms with van der Waals surface area (Å²) < 4.78 is 5.27. The van der Waals surface area contributed by atoms with E-state index in [1.165, 1.54) is 30.7 Å². The van der Waals surface area contributed by atoms with Crippen molar-refractivity contribution in [3.8, 4) is 0 Å². The molecule has 2 aliphatic rings. The molecule has 0 spiro atoms. The molecule has 130 valence electrons. The highest BCUT2D eigenvalue weighted by Gasteiger charge is 2.63. The molecule has 2 N–H and O–H groups in total. The summed E-state index contributed by atoms with van der Waals surface area (Å²) in [5.41, 5.74) is 0.748. The van der Waals surface area contributed by atoms with Crippen LogP contribution in [0.15, 0.2) is 35.5 Å². The van der Waals surface area contributed by atoms with Crippen LogP contribution in [0.5, 0.6) is 0 Å². The lowest BCUT2D eigenvalue weighted by Gasteiger charge is -2.31. The van der Waals surface area contributed by atoms with E-state index in [0.29, 0.717) is 12.1 Å². The predicted octanol–water partition coefficient (Wildman–Crippen LogP) is 3.56. The third kappa shape index (κ3) is 2.86. The van der Waals surface area contributed by atoms with Crippen molar-refractivity contribution in [2.45, 2.75) is 63.7 Å². The molecular formula is C18H25N3O3. The van der Waals surface area contributed by atoms with Crippen LogP contribution in [0, 0.1) is 0 Å². The summed E-state index contributed by atoms with van der Waals surface area (Å²) in [5.74, 6) is 6.09. The van der Waals surface area contributed by atoms with Gasteiger partial charge < -0.3 is 9.57 Å². The van der Waals surface area contributed by atoms with Gasteiger partial charge in [0.15, 0.2) is 5.54 Å². The molecule has 0 unspecified atom stereocenters. The third-order valence-electron chi connectivity index (χ3n) is 4.83. The molecule has 2 atom stereocenters. The maximum absolute atomic E-state index is 12.0. The average Bonchev–Trinajstić information content (AvgIpc) is 3.07. The van der Waals surface area contributed by atoms with Crippen molar-refractivity contribution in [2.75, 3.05) is 0 Å². The zero-order valence-electron chi connectivity index (χ0n) is 14.1. The number of oxime groups is 1. The zero-order chi connectivity index (χ0) is 17.0. The second kappa shape index (κ2) is 7.21. The van der Waals surface area contributed by atoms with Gasteiger partial charge in [-0.3, -0.25) is 0 Å². The van der Waals surface area contributed by atoms with Crippen LogP contribution in [-0.2, 0) is 9.57 Å². The van der Waals surface area contributed by atoms with Gasteiger partial charge in [-0.2, -0.15) is 0 Å². The highest BCUT2D eigenvalue weighted by Crippen LogP contribution is 2.41. The lowest BCUT2D eigenvalue weighted by molar-refractivity contribution is -0.0905. The minimum absolute atomic E-state index is 0.561. The normalized spacial score (nSPS) is 25.2. The number of nitrogens with zero attached hydrogens (tertiary/aromatic N) is 2. The number of hydrazine groups is 1. The van der Waals surface area contributed by atoms with Crippen molar-refractivity contribution in [1.29, 1.82) is 0 Å². The third-order valence-corrected chi connectivity index (χ3v) is 4.83. The molecule has 6 nitrogen and oxygen atoms in total. The lowest BCUT2D eigenvalue weighted by Crippen LogP contribution is -2.58. The maximum atomic E-state index is 12.0. The van der Waals surface area contributed by atoms with Gasteiger partial charge in [-0.05, 0) is 6.42 Å². The standard InChI is InChI=1S/C18H25N3O3/c1-2-3-4-5-6-10-13-18-15(14-11-8-7-9-12-14)20-24-16(18)23-17(22)21(18)19/h7-9,11-12,16H,2-6,10,13,19H2,1H3/t16-,18+/m1/s1. The fourth-order valence-electron chi connectivity index (χ4n) is 3.47. The van der Waals surface area contributed by atoms with Gasteiger partial charge in [0.2, 0.25) is 0 Å². The zero-order valence-corrected chi connectivity index (χ0v) is 14.1. The number of benzene rings is 1. The number of ether oxygens (including phenoxy) is 1. The van der Waals surface area contributed by atoms with Gasteiger partial charge in [0.1, 0.15) is 5.71 Å². The van der Waals surface area contributed by atoms with Crippen LogP contribution in [0.1, 0.15) is 57.4 Å². The minimum Gasteiger partial charge on any atom is -0.403 e. The largest absolute Gasteiger partial charge is 0.428 e. The number of carbonyl (C=O) groups excluding carboxylic acids is 1. The molecule has 0 bridgehead atoms. The highest BCUT2D eigenvalue weighted by atomic mass is 16.8. The molecule has 3 rings (SSSR count). The van der Waals surface area contributed by atoms with Crippen LogP contribution in [0.25, 0.3) is 0 Å². The monoisotopic (exact) mass is 331 g/mol. The fourth-order valence-corrected chi connectivity index (χ4v) is 3.47. The topological polar surface area (TPSA) is 77.2 Å². The SMILES string of the molecule is CCCCCCCC[C@]12C(c3ccccc3)=NO[C@H]1OC(=O)N2N. The predicted molar refractivity (Wildman–Crippen MR) is 91.1 cm³/mol. The number of hydrogen-bond acceptors (Lipinski definition) is 5. The van der Waals surface area contributed by atoms with Crippen molar-refractivity contribution in [3.63, 3.8) is 0 Å². The quantitative estimate of drug-likeness (QED) is 0.449. The van der Waals surface area contributed by atoms with Gasteiger partial charge in [0.25, 0.3) is 0 Å². The molecule has 1 aromatic rings. The first-order chi connectivity index (χ1) is 11.7. The molecule has 1 amide bonds. The van der Waals surface area contributed by atoms with E-state index >= 15 is 0 Å². The number of fused-ring (bicyclic) bond motifs is 1. The highest BCUT2D eigenvalue weighted by molar-refractivity contribution is 6.10. The second-order valence-corrected chi connectivity index (χ2v) is 6.44. The molecular weight excluding hydrogens is 306 g/mol. The number of hydrogen-bond donors (Lipinski definition) is 1. The van der Waals surface area contributed by atoms with Crippen molar-refractivity contribution in [2.24, 2.45) is 11.0 Å².